The maximum atomic E-state index is 13.0. The van der Waals surface area contributed by atoms with Gasteiger partial charge in [0.2, 0.25) is 5.75 Å². The first-order valence-corrected chi connectivity index (χ1v) is 9.16. The lowest BCUT2D eigenvalue weighted by Gasteiger charge is -2.20. The number of rotatable bonds is 9. The van der Waals surface area contributed by atoms with Crippen LogP contribution in [0.1, 0.15) is 48.1 Å². The zero-order valence-corrected chi connectivity index (χ0v) is 16.9. The molecule has 0 radical (unpaired) electrons. The van der Waals surface area contributed by atoms with E-state index in [1.54, 1.807) is 24.1 Å². The van der Waals surface area contributed by atoms with Crippen LogP contribution in [0.25, 0.3) is 0 Å². The number of hydrogen-bond acceptors (Lipinski definition) is 6. The molecule has 0 saturated carbocycles. The molecule has 1 aromatic heterocycles. The van der Waals surface area contributed by atoms with Crippen LogP contribution in [-0.2, 0) is 6.54 Å². The van der Waals surface area contributed by atoms with Crippen LogP contribution in [0.2, 0.25) is 0 Å². The Morgan fingerprint density at radius 2 is 1.59 bits per heavy atom. The Morgan fingerprint density at radius 3 is 2.04 bits per heavy atom. The van der Waals surface area contributed by atoms with Crippen molar-refractivity contribution in [2.75, 3.05) is 26.9 Å². The van der Waals surface area contributed by atoms with Crippen molar-refractivity contribution in [3.8, 4) is 17.2 Å². The first-order valence-electron chi connectivity index (χ1n) is 9.16. The highest BCUT2D eigenvalue weighted by Gasteiger charge is 2.22. The zero-order chi connectivity index (χ0) is 20.0. The molecule has 0 spiro atoms. The molecular formula is C20H28N2O5. The van der Waals surface area contributed by atoms with Gasteiger partial charge in [0.1, 0.15) is 5.76 Å². The fourth-order valence-electron chi connectivity index (χ4n) is 2.77. The normalized spacial score (nSPS) is 10.6. The largest absolute Gasteiger partial charge is 0.490 e. The lowest BCUT2D eigenvalue weighted by atomic mass is 10.1. The fourth-order valence-corrected chi connectivity index (χ4v) is 2.77. The Hall–Kier alpha value is -2.70. The van der Waals surface area contributed by atoms with Crippen molar-refractivity contribution >= 4 is 5.91 Å². The number of ether oxygens (including phenoxy) is 3. The second kappa shape index (κ2) is 9.30. The lowest BCUT2D eigenvalue weighted by Crippen LogP contribution is -2.26. The minimum absolute atomic E-state index is 0.153. The SMILES string of the molecule is CCOc1cc(C(=O)N(C)Cc2c(C)noc2C)cc(OCC)c1OCC. The molecule has 7 heteroatoms. The third kappa shape index (κ3) is 4.72. The number of aromatic nitrogens is 1. The molecule has 0 aliphatic carbocycles. The van der Waals surface area contributed by atoms with Gasteiger partial charge in [0.15, 0.2) is 11.5 Å². The Labute approximate surface area is 160 Å². The molecule has 0 saturated heterocycles. The highest BCUT2D eigenvalue weighted by Crippen LogP contribution is 2.39. The van der Waals surface area contributed by atoms with Crippen LogP contribution < -0.4 is 14.2 Å². The second-order valence-electron chi connectivity index (χ2n) is 6.06. The Balaban J connectivity index is 2.36. The third-order valence-electron chi connectivity index (χ3n) is 4.08. The van der Waals surface area contributed by atoms with Gasteiger partial charge in [-0.05, 0) is 46.8 Å². The standard InChI is InChI=1S/C20H28N2O5/c1-7-24-17-10-15(11-18(25-8-2)19(17)26-9-3)20(23)22(6)12-16-13(4)21-27-14(16)5/h10-11H,7-9,12H2,1-6H3. The van der Waals surface area contributed by atoms with Crippen molar-refractivity contribution in [3.63, 3.8) is 0 Å². The van der Waals surface area contributed by atoms with Crippen molar-refractivity contribution < 1.29 is 23.5 Å². The summed E-state index contributed by atoms with van der Waals surface area (Å²) in [6.45, 7) is 11.1. The van der Waals surface area contributed by atoms with Gasteiger partial charge in [-0.25, -0.2) is 0 Å². The first kappa shape index (κ1) is 20.6. The summed E-state index contributed by atoms with van der Waals surface area (Å²) in [7, 11) is 1.74. The Kier molecular flexibility index (Phi) is 7.10. The number of carbonyl (C=O) groups is 1. The summed E-state index contributed by atoms with van der Waals surface area (Å²) >= 11 is 0. The smallest absolute Gasteiger partial charge is 0.254 e. The van der Waals surface area contributed by atoms with Crippen LogP contribution in [0.15, 0.2) is 16.7 Å². The fraction of sp³-hybridized carbons (Fsp3) is 0.500. The van der Waals surface area contributed by atoms with Crippen molar-refractivity contribution in [3.05, 3.63) is 34.7 Å². The van der Waals surface area contributed by atoms with Crippen molar-refractivity contribution in [1.82, 2.24) is 10.1 Å². The van der Waals surface area contributed by atoms with Gasteiger partial charge in [-0.1, -0.05) is 5.16 Å². The number of nitrogens with zero attached hydrogens (tertiary/aromatic N) is 2. The predicted octanol–water partition coefficient (Wildman–Crippen LogP) is 3.76. The molecule has 148 valence electrons. The maximum absolute atomic E-state index is 13.0. The van der Waals surface area contributed by atoms with Gasteiger partial charge in [-0.15, -0.1) is 0 Å². The number of carbonyl (C=O) groups excluding carboxylic acids is 1. The molecule has 0 atom stereocenters. The first-order chi connectivity index (χ1) is 12.9. The molecule has 7 nitrogen and oxygen atoms in total. The highest BCUT2D eigenvalue weighted by molar-refractivity contribution is 5.95. The minimum Gasteiger partial charge on any atom is -0.490 e. The highest BCUT2D eigenvalue weighted by atomic mass is 16.5. The van der Waals surface area contributed by atoms with Crippen molar-refractivity contribution in [1.29, 1.82) is 0 Å². The van der Waals surface area contributed by atoms with Gasteiger partial charge < -0.3 is 23.6 Å². The molecule has 1 amide bonds. The molecule has 1 aromatic carbocycles. The van der Waals surface area contributed by atoms with Gasteiger partial charge >= 0.3 is 0 Å². The molecule has 2 rings (SSSR count). The van der Waals surface area contributed by atoms with Crippen LogP contribution in [0.4, 0.5) is 0 Å². The predicted molar refractivity (Wildman–Crippen MR) is 102 cm³/mol. The molecule has 0 bridgehead atoms. The lowest BCUT2D eigenvalue weighted by molar-refractivity contribution is 0.0783. The summed E-state index contributed by atoms with van der Waals surface area (Å²) in [6.07, 6.45) is 0. The van der Waals surface area contributed by atoms with Gasteiger partial charge in [-0.2, -0.15) is 0 Å². The average Bonchev–Trinajstić information content (AvgIpc) is 2.95. The molecule has 0 N–H and O–H groups in total. The topological polar surface area (TPSA) is 74.0 Å². The van der Waals surface area contributed by atoms with Crippen molar-refractivity contribution in [2.24, 2.45) is 0 Å². The molecule has 0 aliphatic rings. The summed E-state index contributed by atoms with van der Waals surface area (Å²) in [5, 5.41) is 3.94. The number of aryl methyl sites for hydroxylation is 2. The van der Waals surface area contributed by atoms with Crippen LogP contribution >= 0.6 is 0 Å². The van der Waals surface area contributed by atoms with Crippen LogP contribution in [0.5, 0.6) is 17.2 Å². The monoisotopic (exact) mass is 376 g/mol. The molecule has 27 heavy (non-hydrogen) atoms. The van der Waals surface area contributed by atoms with Crippen LogP contribution in [-0.4, -0.2) is 42.8 Å². The number of benzene rings is 1. The van der Waals surface area contributed by atoms with E-state index >= 15 is 0 Å². The van der Waals surface area contributed by atoms with Crippen LogP contribution in [0.3, 0.4) is 0 Å². The summed E-state index contributed by atoms with van der Waals surface area (Å²) in [6, 6.07) is 3.40. The van der Waals surface area contributed by atoms with E-state index in [0.717, 1.165) is 11.3 Å². The summed E-state index contributed by atoms with van der Waals surface area (Å²) in [5.74, 6) is 2.08. The van der Waals surface area contributed by atoms with Crippen LogP contribution in [0, 0.1) is 13.8 Å². The van der Waals surface area contributed by atoms with E-state index in [-0.39, 0.29) is 5.91 Å². The molecule has 1 heterocycles. The van der Waals surface area contributed by atoms with E-state index in [1.807, 2.05) is 34.6 Å². The molecule has 2 aromatic rings. The van der Waals surface area contributed by atoms with E-state index in [0.29, 0.717) is 54.9 Å². The third-order valence-corrected chi connectivity index (χ3v) is 4.08. The molecular weight excluding hydrogens is 348 g/mol. The molecule has 0 unspecified atom stereocenters. The number of hydrogen-bond donors (Lipinski definition) is 0. The van der Waals surface area contributed by atoms with Gasteiger partial charge in [-0.3, -0.25) is 4.79 Å². The average molecular weight is 376 g/mol. The van der Waals surface area contributed by atoms with E-state index in [9.17, 15) is 4.79 Å². The van der Waals surface area contributed by atoms with E-state index < -0.39 is 0 Å². The van der Waals surface area contributed by atoms with E-state index in [2.05, 4.69) is 5.16 Å². The number of amides is 1. The molecule has 0 aliphatic heterocycles. The minimum atomic E-state index is -0.153. The second-order valence-corrected chi connectivity index (χ2v) is 6.06. The Morgan fingerprint density at radius 1 is 1.04 bits per heavy atom. The van der Waals surface area contributed by atoms with Gasteiger partial charge in [0.25, 0.3) is 5.91 Å². The van der Waals surface area contributed by atoms with E-state index in [4.69, 9.17) is 18.7 Å². The van der Waals surface area contributed by atoms with Gasteiger partial charge in [0.05, 0.1) is 32.1 Å². The zero-order valence-electron chi connectivity index (χ0n) is 16.9. The van der Waals surface area contributed by atoms with Crippen molar-refractivity contribution in [2.45, 2.75) is 41.2 Å². The van der Waals surface area contributed by atoms with E-state index in [1.165, 1.54) is 0 Å². The maximum Gasteiger partial charge on any atom is 0.254 e. The molecule has 0 fully saturated rings. The quantitative estimate of drug-likeness (QED) is 0.663. The van der Waals surface area contributed by atoms with Gasteiger partial charge in [0, 0.05) is 18.2 Å². The summed E-state index contributed by atoms with van der Waals surface area (Å²) in [4.78, 5) is 14.6. The summed E-state index contributed by atoms with van der Waals surface area (Å²) < 4.78 is 22.3. The Bertz CT molecular complexity index is 738. The summed E-state index contributed by atoms with van der Waals surface area (Å²) in [5.41, 5.74) is 2.16.